The van der Waals surface area contributed by atoms with Gasteiger partial charge in [-0.15, -0.1) is 0 Å². The van der Waals surface area contributed by atoms with Gasteiger partial charge in [-0.25, -0.2) is 4.98 Å². The molecule has 1 aromatic carbocycles. The molecule has 1 aliphatic rings. The maximum Gasteiger partial charge on any atom is 0.274 e. The normalized spacial score (nSPS) is 16.2. The van der Waals surface area contributed by atoms with Crippen LogP contribution in [0.4, 0.5) is 5.82 Å². The summed E-state index contributed by atoms with van der Waals surface area (Å²) in [5.74, 6) is 1.20. The van der Waals surface area contributed by atoms with E-state index < -0.39 is 0 Å². The van der Waals surface area contributed by atoms with Crippen LogP contribution in [0.5, 0.6) is 0 Å². The Morgan fingerprint density at radius 2 is 1.79 bits per heavy atom. The molecule has 0 radical (unpaired) electrons. The van der Waals surface area contributed by atoms with E-state index in [9.17, 15) is 0 Å². The topological polar surface area (TPSA) is 50.5 Å². The smallest absolute Gasteiger partial charge is 0.274 e. The van der Waals surface area contributed by atoms with Gasteiger partial charge in [0, 0.05) is 34.4 Å². The van der Waals surface area contributed by atoms with Crippen molar-refractivity contribution in [2.45, 2.75) is 13.0 Å². The lowest BCUT2D eigenvalue weighted by atomic mass is 9.97. The molecular formula is C24H27N5+2. The van der Waals surface area contributed by atoms with Crippen molar-refractivity contribution in [3.05, 3.63) is 90.0 Å². The van der Waals surface area contributed by atoms with E-state index in [-0.39, 0.29) is 6.04 Å². The molecule has 0 unspecified atom stereocenters. The molecule has 0 amide bonds. The first-order valence-electron chi connectivity index (χ1n) is 10.4. The highest BCUT2D eigenvalue weighted by molar-refractivity contribution is 5.85. The molecule has 1 fully saturated rings. The van der Waals surface area contributed by atoms with Crippen molar-refractivity contribution in [2.75, 3.05) is 31.1 Å². The molecule has 0 aliphatic carbocycles. The van der Waals surface area contributed by atoms with Crippen molar-refractivity contribution in [3.63, 3.8) is 0 Å². The number of pyridine rings is 2. The molecule has 1 saturated heterocycles. The largest absolute Gasteiger partial charge is 0.358 e. The molecule has 5 heteroatoms. The molecule has 0 saturated carbocycles. The standard InChI is InChI=1S/C24H25N5/c1-18-23(19-8-2-3-9-20(19)27-18)24(21-10-4-6-12-25-21)29-16-14-28(15-17-29)22-11-5-7-13-26-22/h2-13,24,27H,14-17H2,1H3/p+2/t24-/m0/s1. The molecule has 29 heavy (non-hydrogen) atoms. The maximum absolute atomic E-state index is 4.78. The van der Waals surface area contributed by atoms with Crippen molar-refractivity contribution in [2.24, 2.45) is 0 Å². The number of H-pyrrole nitrogens is 2. The number of piperazine rings is 1. The van der Waals surface area contributed by atoms with Gasteiger partial charge in [0.15, 0.2) is 6.04 Å². The quantitative estimate of drug-likeness (QED) is 0.566. The molecule has 4 aromatic rings. The zero-order valence-corrected chi connectivity index (χ0v) is 16.7. The van der Waals surface area contributed by atoms with Crippen LogP contribution in [0, 0.1) is 6.92 Å². The van der Waals surface area contributed by atoms with Crippen molar-refractivity contribution < 1.29 is 9.88 Å². The van der Waals surface area contributed by atoms with E-state index >= 15 is 0 Å². The van der Waals surface area contributed by atoms with Gasteiger partial charge in [-0.3, -0.25) is 9.88 Å². The fraction of sp³-hybridized carbons (Fsp3) is 0.250. The van der Waals surface area contributed by atoms with Crippen molar-refractivity contribution >= 4 is 16.7 Å². The Balaban J connectivity index is 1.50. The number of hydrogen-bond acceptors (Lipinski definition) is 2. The Hall–Kier alpha value is -3.18. The average Bonchev–Trinajstić information content (AvgIpc) is 3.12. The van der Waals surface area contributed by atoms with Crippen LogP contribution in [0.2, 0.25) is 0 Å². The molecular weight excluding hydrogens is 358 g/mol. The molecule has 5 rings (SSSR count). The summed E-state index contributed by atoms with van der Waals surface area (Å²) in [5.41, 5.74) is 4.98. The van der Waals surface area contributed by atoms with E-state index in [1.807, 2.05) is 24.5 Å². The molecule has 0 spiro atoms. The lowest BCUT2D eigenvalue weighted by Crippen LogP contribution is -3.15. The summed E-state index contributed by atoms with van der Waals surface area (Å²) in [6, 6.07) is 21.4. The molecule has 0 bridgehead atoms. The first-order chi connectivity index (χ1) is 14.3. The zero-order chi connectivity index (χ0) is 19.6. The number of nitrogens with one attached hydrogen (secondary N) is 3. The van der Waals surface area contributed by atoms with E-state index in [1.54, 1.807) is 4.90 Å². The predicted octanol–water partition coefficient (Wildman–Crippen LogP) is 2.18. The van der Waals surface area contributed by atoms with Gasteiger partial charge in [0.05, 0.1) is 6.20 Å². The minimum Gasteiger partial charge on any atom is -0.358 e. The van der Waals surface area contributed by atoms with E-state index in [4.69, 9.17) is 4.98 Å². The maximum atomic E-state index is 4.78. The van der Waals surface area contributed by atoms with Crippen LogP contribution in [0.1, 0.15) is 23.0 Å². The highest BCUT2D eigenvalue weighted by Crippen LogP contribution is 2.29. The highest BCUT2D eigenvalue weighted by Gasteiger charge is 2.36. The zero-order valence-electron chi connectivity index (χ0n) is 16.7. The molecule has 3 aromatic heterocycles. The number of para-hydroxylation sites is 1. The van der Waals surface area contributed by atoms with Crippen LogP contribution in [0.15, 0.2) is 73.1 Å². The van der Waals surface area contributed by atoms with Gasteiger partial charge in [-0.05, 0) is 31.2 Å². The SMILES string of the molecule is Cc1[nH]c2ccccc2c1[C@H](c1ccccn1)[NH+]1CCN(c2cccc[nH+]2)CC1. The van der Waals surface area contributed by atoms with E-state index in [2.05, 4.69) is 70.3 Å². The second-order valence-electron chi connectivity index (χ2n) is 7.79. The summed E-state index contributed by atoms with van der Waals surface area (Å²) in [6.07, 6.45) is 3.92. The summed E-state index contributed by atoms with van der Waals surface area (Å²) >= 11 is 0. The number of quaternary nitrogens is 1. The van der Waals surface area contributed by atoms with Gasteiger partial charge in [-0.1, -0.05) is 30.3 Å². The number of nitrogens with zero attached hydrogens (tertiary/aromatic N) is 2. The number of benzene rings is 1. The lowest BCUT2D eigenvalue weighted by Gasteiger charge is -2.34. The number of rotatable bonds is 4. The monoisotopic (exact) mass is 385 g/mol. The Bertz CT molecular complexity index is 1080. The molecule has 3 N–H and O–H groups in total. The number of aromatic amines is 2. The van der Waals surface area contributed by atoms with Gasteiger partial charge in [0.2, 0.25) is 0 Å². The minimum absolute atomic E-state index is 0.231. The van der Waals surface area contributed by atoms with E-state index in [1.165, 1.54) is 28.0 Å². The summed E-state index contributed by atoms with van der Waals surface area (Å²) in [7, 11) is 0. The third-order valence-corrected chi connectivity index (χ3v) is 6.06. The summed E-state index contributed by atoms with van der Waals surface area (Å²) < 4.78 is 0. The summed E-state index contributed by atoms with van der Waals surface area (Å²) in [6.45, 7) is 6.40. The molecule has 146 valence electrons. The Labute approximate surface area is 171 Å². The number of hydrogen-bond donors (Lipinski definition) is 2. The fourth-order valence-electron chi connectivity index (χ4n) is 4.68. The van der Waals surface area contributed by atoms with Gasteiger partial charge in [0.1, 0.15) is 31.9 Å². The van der Waals surface area contributed by atoms with Crippen LogP contribution in [0.3, 0.4) is 0 Å². The fourth-order valence-corrected chi connectivity index (χ4v) is 4.68. The minimum atomic E-state index is 0.231. The van der Waals surface area contributed by atoms with Crippen LogP contribution >= 0.6 is 0 Å². The third-order valence-electron chi connectivity index (χ3n) is 6.06. The molecule has 1 atom stereocenters. The van der Waals surface area contributed by atoms with E-state index in [0.717, 1.165) is 31.9 Å². The van der Waals surface area contributed by atoms with Gasteiger partial charge in [-0.2, -0.15) is 0 Å². The first-order valence-corrected chi connectivity index (χ1v) is 10.4. The third kappa shape index (κ3) is 3.38. The van der Waals surface area contributed by atoms with Gasteiger partial charge in [0.25, 0.3) is 5.82 Å². The second-order valence-corrected chi connectivity index (χ2v) is 7.79. The number of aromatic nitrogens is 3. The van der Waals surface area contributed by atoms with Crippen LogP contribution in [-0.4, -0.2) is 36.1 Å². The first kappa shape index (κ1) is 17.9. The number of fused-ring (bicyclic) bond motifs is 1. The lowest BCUT2D eigenvalue weighted by molar-refractivity contribution is -0.926. The molecule has 5 nitrogen and oxygen atoms in total. The Kier molecular flexibility index (Phi) is 4.74. The molecule has 1 aliphatic heterocycles. The van der Waals surface area contributed by atoms with E-state index in [0.29, 0.717) is 0 Å². The van der Waals surface area contributed by atoms with Crippen molar-refractivity contribution in [1.82, 2.24) is 9.97 Å². The Morgan fingerprint density at radius 1 is 1.00 bits per heavy atom. The van der Waals surface area contributed by atoms with Crippen LogP contribution < -0.4 is 14.8 Å². The second kappa shape index (κ2) is 7.68. The average molecular weight is 386 g/mol. The van der Waals surface area contributed by atoms with Crippen LogP contribution in [0.25, 0.3) is 10.9 Å². The summed E-state index contributed by atoms with van der Waals surface area (Å²) in [5, 5.41) is 1.31. The summed E-state index contributed by atoms with van der Waals surface area (Å²) in [4.78, 5) is 15.8. The molecule has 4 heterocycles. The Morgan fingerprint density at radius 3 is 2.55 bits per heavy atom. The van der Waals surface area contributed by atoms with Gasteiger partial charge < -0.3 is 9.88 Å². The van der Waals surface area contributed by atoms with Crippen molar-refractivity contribution in [1.29, 1.82) is 0 Å². The predicted molar refractivity (Wildman–Crippen MR) is 115 cm³/mol. The van der Waals surface area contributed by atoms with Gasteiger partial charge >= 0.3 is 0 Å². The van der Waals surface area contributed by atoms with Crippen molar-refractivity contribution in [3.8, 4) is 0 Å². The number of anilines is 1. The van der Waals surface area contributed by atoms with Crippen LogP contribution in [-0.2, 0) is 0 Å². The highest BCUT2D eigenvalue weighted by atomic mass is 15.3. The number of aryl methyl sites for hydroxylation is 1.